The summed E-state index contributed by atoms with van der Waals surface area (Å²) in [7, 11) is 1.71. The topological polar surface area (TPSA) is 72.8 Å². The maximum Gasteiger partial charge on any atom is 0.328 e. The molecule has 108 valence electrons. The van der Waals surface area contributed by atoms with Gasteiger partial charge in [0.15, 0.2) is 5.65 Å². The number of ether oxygens (including phenoxy) is 1. The summed E-state index contributed by atoms with van der Waals surface area (Å²) in [4.78, 5) is 15.1. The highest BCUT2D eigenvalue weighted by molar-refractivity contribution is 9.10. The molecule has 2 heterocycles. The lowest BCUT2D eigenvalue weighted by molar-refractivity contribution is 0.00653. The van der Waals surface area contributed by atoms with Gasteiger partial charge in [-0.25, -0.2) is 4.79 Å². The van der Waals surface area contributed by atoms with Crippen LogP contribution >= 0.6 is 15.9 Å². The molecule has 0 atom stereocenters. The lowest BCUT2D eigenvalue weighted by Gasteiger charge is -2.34. The number of aromatic amines is 1. The summed E-state index contributed by atoms with van der Waals surface area (Å²) in [5.74, 6) is 0. The molecule has 0 unspecified atom stereocenters. The fourth-order valence-corrected chi connectivity index (χ4v) is 3.31. The predicted molar refractivity (Wildman–Crippen MR) is 82.4 cm³/mol. The fourth-order valence-electron chi connectivity index (χ4n) is 2.94. The number of fused-ring (bicyclic) bond motifs is 3. The highest BCUT2D eigenvalue weighted by atomic mass is 79.9. The van der Waals surface area contributed by atoms with Crippen LogP contribution in [-0.4, -0.2) is 33.0 Å². The second-order valence-electron chi connectivity index (χ2n) is 5.34. The van der Waals surface area contributed by atoms with Crippen molar-refractivity contribution < 1.29 is 4.74 Å². The number of methoxy groups -OCH3 is 1. The van der Waals surface area contributed by atoms with E-state index in [4.69, 9.17) is 4.74 Å². The molecule has 0 radical (unpaired) electrons. The Morgan fingerprint density at radius 3 is 2.95 bits per heavy atom. The van der Waals surface area contributed by atoms with Crippen LogP contribution in [0.3, 0.4) is 0 Å². The molecule has 0 amide bonds. The highest BCUT2D eigenvalue weighted by Gasteiger charge is 2.33. The van der Waals surface area contributed by atoms with Crippen molar-refractivity contribution in [3.63, 3.8) is 0 Å². The minimum atomic E-state index is -0.133. The molecule has 1 N–H and O–H groups in total. The van der Waals surface area contributed by atoms with Gasteiger partial charge in [0, 0.05) is 23.0 Å². The van der Waals surface area contributed by atoms with E-state index in [-0.39, 0.29) is 17.8 Å². The first-order valence-electron chi connectivity index (χ1n) is 6.76. The molecule has 1 aliphatic rings. The fraction of sp³-hybridized carbons (Fsp3) is 0.357. The van der Waals surface area contributed by atoms with Crippen LogP contribution in [-0.2, 0) is 4.74 Å². The maximum absolute atomic E-state index is 12.3. The molecule has 2 aromatic heterocycles. The van der Waals surface area contributed by atoms with Gasteiger partial charge in [-0.05, 0) is 31.0 Å². The minimum absolute atomic E-state index is 0.133. The van der Waals surface area contributed by atoms with E-state index in [1.54, 1.807) is 11.7 Å². The Labute approximate surface area is 128 Å². The summed E-state index contributed by atoms with van der Waals surface area (Å²) < 4.78 is 8.06. The molecular formula is C14H13BrN4O2. The summed E-state index contributed by atoms with van der Waals surface area (Å²) in [5, 5.41) is 9.21. The quantitative estimate of drug-likeness (QED) is 0.771. The monoisotopic (exact) mass is 348 g/mol. The van der Waals surface area contributed by atoms with Gasteiger partial charge in [-0.15, -0.1) is 10.2 Å². The number of aromatic nitrogens is 4. The van der Waals surface area contributed by atoms with Gasteiger partial charge in [0.25, 0.3) is 0 Å². The normalized spacial score (nSPS) is 21.8. The number of halogens is 1. The highest BCUT2D eigenvalue weighted by Crippen LogP contribution is 2.36. The van der Waals surface area contributed by atoms with Crippen molar-refractivity contribution in [2.24, 2.45) is 0 Å². The first-order valence-corrected chi connectivity index (χ1v) is 7.55. The minimum Gasteiger partial charge on any atom is -0.381 e. The molecular weight excluding hydrogens is 336 g/mol. The molecule has 1 aliphatic carbocycles. The summed E-state index contributed by atoms with van der Waals surface area (Å²) in [6.45, 7) is 0. The largest absolute Gasteiger partial charge is 0.381 e. The number of imidazole rings is 1. The van der Waals surface area contributed by atoms with Gasteiger partial charge in [-0.1, -0.05) is 15.9 Å². The van der Waals surface area contributed by atoms with Crippen LogP contribution in [0, 0.1) is 0 Å². The molecule has 7 heteroatoms. The molecule has 3 aromatic rings. The molecule has 0 spiro atoms. The van der Waals surface area contributed by atoms with E-state index >= 15 is 0 Å². The first-order chi connectivity index (χ1) is 10.2. The molecule has 0 bridgehead atoms. The Bertz CT molecular complexity index is 895. The van der Waals surface area contributed by atoms with Crippen molar-refractivity contribution in [3.05, 3.63) is 33.2 Å². The van der Waals surface area contributed by atoms with E-state index in [0.29, 0.717) is 5.65 Å². The van der Waals surface area contributed by atoms with E-state index in [1.165, 1.54) is 0 Å². The predicted octanol–water partition coefficient (Wildman–Crippen LogP) is 2.39. The Morgan fingerprint density at radius 1 is 1.38 bits per heavy atom. The van der Waals surface area contributed by atoms with E-state index < -0.39 is 0 Å². The summed E-state index contributed by atoms with van der Waals surface area (Å²) in [6, 6.07) is 5.94. The third kappa shape index (κ3) is 1.91. The summed E-state index contributed by atoms with van der Waals surface area (Å²) in [5.41, 5.74) is 2.00. The SMILES string of the molecule is CO[C@H]1C[C@H](n2c(=O)[nH]c3nnc4ccc(Br)cc4c32)C1. The van der Waals surface area contributed by atoms with Crippen LogP contribution < -0.4 is 5.69 Å². The van der Waals surface area contributed by atoms with Crippen molar-refractivity contribution in [3.8, 4) is 0 Å². The molecule has 0 saturated heterocycles. The van der Waals surface area contributed by atoms with Gasteiger partial charge < -0.3 is 4.74 Å². The Hall–Kier alpha value is -1.73. The van der Waals surface area contributed by atoms with Gasteiger partial charge in [-0.3, -0.25) is 9.55 Å². The number of hydrogen-bond acceptors (Lipinski definition) is 4. The molecule has 1 aromatic carbocycles. The summed E-state index contributed by atoms with van der Waals surface area (Å²) in [6.07, 6.45) is 1.93. The zero-order valence-corrected chi connectivity index (χ0v) is 12.9. The van der Waals surface area contributed by atoms with Crippen LogP contribution in [0.15, 0.2) is 27.5 Å². The zero-order chi connectivity index (χ0) is 14.6. The molecule has 4 rings (SSSR count). The van der Waals surface area contributed by atoms with Crippen LogP contribution in [0.1, 0.15) is 18.9 Å². The smallest absolute Gasteiger partial charge is 0.328 e. The van der Waals surface area contributed by atoms with Crippen molar-refractivity contribution in [1.82, 2.24) is 19.7 Å². The third-order valence-electron chi connectivity index (χ3n) is 4.15. The van der Waals surface area contributed by atoms with Crippen LogP contribution in [0.4, 0.5) is 0 Å². The van der Waals surface area contributed by atoms with Gasteiger partial charge in [0.05, 0.1) is 11.6 Å². The molecule has 1 fully saturated rings. The van der Waals surface area contributed by atoms with E-state index in [9.17, 15) is 4.79 Å². The average molecular weight is 349 g/mol. The number of nitrogens with one attached hydrogen (secondary N) is 1. The molecule has 21 heavy (non-hydrogen) atoms. The van der Waals surface area contributed by atoms with Crippen molar-refractivity contribution >= 4 is 38.0 Å². The van der Waals surface area contributed by atoms with Crippen LogP contribution in [0.5, 0.6) is 0 Å². The second kappa shape index (κ2) is 4.64. The van der Waals surface area contributed by atoms with Crippen molar-refractivity contribution in [2.45, 2.75) is 25.0 Å². The number of hydrogen-bond donors (Lipinski definition) is 1. The first kappa shape index (κ1) is 13.0. The lowest BCUT2D eigenvalue weighted by Crippen LogP contribution is -2.36. The van der Waals surface area contributed by atoms with Gasteiger partial charge in [0.1, 0.15) is 5.52 Å². The van der Waals surface area contributed by atoms with Crippen molar-refractivity contribution in [2.75, 3.05) is 7.11 Å². The number of rotatable bonds is 2. The second-order valence-corrected chi connectivity index (χ2v) is 6.26. The van der Waals surface area contributed by atoms with Gasteiger partial charge in [0.2, 0.25) is 0 Å². The maximum atomic E-state index is 12.3. The zero-order valence-electron chi connectivity index (χ0n) is 11.3. The average Bonchev–Trinajstić information content (AvgIpc) is 2.75. The molecule has 1 saturated carbocycles. The number of nitrogens with zero attached hydrogens (tertiary/aromatic N) is 3. The van der Waals surface area contributed by atoms with Crippen LogP contribution in [0.2, 0.25) is 0 Å². The standard InChI is InChI=1S/C14H13BrN4O2/c1-21-9-5-8(6-9)19-12-10-4-7(15)2-3-11(10)17-18-13(12)16-14(19)20/h2-4,8-9H,5-6H2,1H3,(H,16,18,20)/t8-,9-. The molecule has 6 nitrogen and oxygen atoms in total. The Balaban J connectivity index is 1.99. The van der Waals surface area contributed by atoms with Crippen LogP contribution in [0.25, 0.3) is 22.1 Å². The van der Waals surface area contributed by atoms with E-state index in [1.807, 2.05) is 18.2 Å². The number of H-pyrrole nitrogens is 1. The van der Waals surface area contributed by atoms with Gasteiger partial charge >= 0.3 is 5.69 Å². The summed E-state index contributed by atoms with van der Waals surface area (Å²) >= 11 is 3.47. The van der Waals surface area contributed by atoms with Gasteiger partial charge in [-0.2, -0.15) is 0 Å². The third-order valence-corrected chi connectivity index (χ3v) is 4.64. The Kier molecular flexibility index (Phi) is 2.87. The van der Waals surface area contributed by atoms with E-state index in [2.05, 4.69) is 31.1 Å². The Morgan fingerprint density at radius 2 is 2.19 bits per heavy atom. The lowest BCUT2D eigenvalue weighted by atomic mass is 9.89. The molecule has 0 aliphatic heterocycles. The number of benzene rings is 1. The van der Waals surface area contributed by atoms with Crippen molar-refractivity contribution in [1.29, 1.82) is 0 Å². The van der Waals surface area contributed by atoms with E-state index in [0.717, 1.165) is 33.7 Å².